The molecule has 0 bridgehead atoms. The number of hydrogen-bond acceptors (Lipinski definition) is 5. The van der Waals surface area contributed by atoms with E-state index in [9.17, 15) is 9.59 Å². The van der Waals surface area contributed by atoms with E-state index >= 15 is 0 Å². The molecule has 1 heterocycles. The van der Waals surface area contributed by atoms with Crippen molar-refractivity contribution in [3.63, 3.8) is 0 Å². The Morgan fingerprint density at radius 3 is 2.52 bits per heavy atom. The number of rotatable bonds is 8. The summed E-state index contributed by atoms with van der Waals surface area (Å²) in [6.45, 7) is 6.20. The van der Waals surface area contributed by atoms with E-state index in [4.69, 9.17) is 9.47 Å². The molecule has 0 radical (unpaired) electrons. The molecule has 0 saturated carbocycles. The number of ether oxygens (including phenoxy) is 2. The number of esters is 1. The average Bonchev–Trinajstić information content (AvgIpc) is 3.13. The van der Waals surface area contributed by atoms with E-state index in [0.717, 1.165) is 26.1 Å². The highest BCUT2D eigenvalue weighted by Crippen LogP contribution is 2.15. The zero-order chi connectivity index (χ0) is 20.6. The largest absolute Gasteiger partial charge is 0.491 e. The predicted molar refractivity (Wildman–Crippen MR) is 111 cm³/mol. The maximum absolute atomic E-state index is 12.1. The van der Waals surface area contributed by atoms with Crippen LogP contribution in [0.5, 0.6) is 5.75 Å². The first kappa shape index (κ1) is 20.9. The number of amides is 1. The van der Waals surface area contributed by atoms with Gasteiger partial charge < -0.3 is 14.8 Å². The van der Waals surface area contributed by atoms with Crippen molar-refractivity contribution in [2.45, 2.75) is 39.0 Å². The molecular formula is C23H28N2O4. The SMILES string of the molecule is CC(C)Oc1ccc(C(=O)OCC(=O)NC2CCN(Cc3ccccc3)C2)cc1. The smallest absolute Gasteiger partial charge is 0.338 e. The standard InChI is InChI=1S/C23H28N2O4/c1-17(2)29-21-10-8-19(9-11-21)23(27)28-16-22(26)24-20-12-13-25(15-20)14-18-6-4-3-5-7-18/h3-11,17,20H,12-16H2,1-2H3,(H,24,26). The molecule has 0 aliphatic carbocycles. The zero-order valence-corrected chi connectivity index (χ0v) is 17.0. The van der Waals surface area contributed by atoms with Gasteiger partial charge in [0.05, 0.1) is 11.7 Å². The number of carbonyl (C=O) groups is 2. The molecule has 6 heteroatoms. The van der Waals surface area contributed by atoms with E-state index in [0.29, 0.717) is 11.3 Å². The van der Waals surface area contributed by atoms with Gasteiger partial charge in [0.15, 0.2) is 6.61 Å². The van der Waals surface area contributed by atoms with Crippen LogP contribution in [0, 0.1) is 0 Å². The molecule has 1 aliphatic heterocycles. The Hall–Kier alpha value is -2.86. The van der Waals surface area contributed by atoms with Gasteiger partial charge in [0.2, 0.25) is 0 Å². The molecule has 1 unspecified atom stereocenters. The molecule has 1 saturated heterocycles. The van der Waals surface area contributed by atoms with E-state index in [2.05, 4.69) is 22.3 Å². The van der Waals surface area contributed by atoms with Crippen LogP contribution < -0.4 is 10.1 Å². The second-order valence-corrected chi connectivity index (χ2v) is 7.54. The maximum atomic E-state index is 12.1. The van der Waals surface area contributed by atoms with Crippen LogP contribution in [0.1, 0.15) is 36.2 Å². The topological polar surface area (TPSA) is 67.9 Å². The Morgan fingerprint density at radius 2 is 1.83 bits per heavy atom. The van der Waals surface area contributed by atoms with Gasteiger partial charge in [-0.1, -0.05) is 30.3 Å². The van der Waals surface area contributed by atoms with E-state index in [1.54, 1.807) is 24.3 Å². The summed E-state index contributed by atoms with van der Waals surface area (Å²) in [5.41, 5.74) is 1.65. The highest BCUT2D eigenvalue weighted by Gasteiger charge is 2.24. The van der Waals surface area contributed by atoms with Gasteiger partial charge >= 0.3 is 5.97 Å². The quantitative estimate of drug-likeness (QED) is 0.695. The van der Waals surface area contributed by atoms with Gasteiger partial charge in [-0.05, 0) is 50.1 Å². The van der Waals surface area contributed by atoms with Crippen molar-refractivity contribution in [3.8, 4) is 5.75 Å². The first-order valence-corrected chi connectivity index (χ1v) is 9.99. The van der Waals surface area contributed by atoms with E-state index < -0.39 is 5.97 Å². The van der Waals surface area contributed by atoms with Gasteiger partial charge in [0.1, 0.15) is 5.75 Å². The van der Waals surface area contributed by atoms with Crippen LogP contribution in [0.25, 0.3) is 0 Å². The Balaban J connectivity index is 1.39. The second-order valence-electron chi connectivity index (χ2n) is 7.54. The molecule has 2 aromatic carbocycles. The predicted octanol–water partition coefficient (Wildman–Crippen LogP) is 3.02. The molecule has 0 aromatic heterocycles. The van der Waals surface area contributed by atoms with Crippen molar-refractivity contribution in [2.75, 3.05) is 19.7 Å². The monoisotopic (exact) mass is 396 g/mol. The lowest BCUT2D eigenvalue weighted by molar-refractivity contribution is -0.124. The first-order valence-electron chi connectivity index (χ1n) is 9.99. The molecule has 1 N–H and O–H groups in total. The van der Waals surface area contributed by atoms with Gasteiger partial charge in [0.25, 0.3) is 5.91 Å². The van der Waals surface area contributed by atoms with Crippen LogP contribution in [-0.2, 0) is 16.1 Å². The van der Waals surface area contributed by atoms with Gasteiger partial charge in [-0.3, -0.25) is 9.69 Å². The van der Waals surface area contributed by atoms with E-state index in [-0.39, 0.29) is 24.7 Å². The molecular weight excluding hydrogens is 368 g/mol. The minimum Gasteiger partial charge on any atom is -0.491 e. The summed E-state index contributed by atoms with van der Waals surface area (Å²) in [7, 11) is 0. The summed E-state index contributed by atoms with van der Waals surface area (Å²) in [5.74, 6) is -0.103. The number of nitrogens with one attached hydrogen (secondary N) is 1. The van der Waals surface area contributed by atoms with E-state index in [1.807, 2.05) is 32.0 Å². The first-order chi connectivity index (χ1) is 14.0. The zero-order valence-electron chi connectivity index (χ0n) is 17.0. The summed E-state index contributed by atoms with van der Waals surface area (Å²) in [6.07, 6.45) is 0.958. The van der Waals surface area contributed by atoms with Crippen molar-refractivity contribution in [2.24, 2.45) is 0 Å². The van der Waals surface area contributed by atoms with Gasteiger partial charge in [-0.25, -0.2) is 4.79 Å². The van der Waals surface area contributed by atoms with Crippen LogP contribution in [0.4, 0.5) is 0 Å². The van der Waals surface area contributed by atoms with Gasteiger partial charge in [-0.2, -0.15) is 0 Å². The lowest BCUT2D eigenvalue weighted by atomic mass is 10.2. The Labute approximate surface area is 171 Å². The normalized spacial score (nSPS) is 16.6. The molecule has 1 aliphatic rings. The second kappa shape index (κ2) is 10.1. The minimum atomic E-state index is -0.520. The lowest BCUT2D eigenvalue weighted by Crippen LogP contribution is -2.39. The molecule has 2 aromatic rings. The van der Waals surface area contributed by atoms with Crippen molar-refractivity contribution < 1.29 is 19.1 Å². The third-order valence-corrected chi connectivity index (χ3v) is 4.68. The minimum absolute atomic E-state index is 0.0655. The molecule has 6 nitrogen and oxygen atoms in total. The summed E-state index contributed by atoms with van der Waals surface area (Å²) in [4.78, 5) is 26.6. The Bertz CT molecular complexity index is 805. The molecule has 29 heavy (non-hydrogen) atoms. The number of likely N-dealkylation sites (tertiary alicyclic amines) is 1. The molecule has 154 valence electrons. The fourth-order valence-corrected chi connectivity index (χ4v) is 3.36. The Morgan fingerprint density at radius 1 is 1.10 bits per heavy atom. The molecule has 1 atom stereocenters. The van der Waals surface area contributed by atoms with Crippen LogP contribution >= 0.6 is 0 Å². The molecule has 3 rings (SSSR count). The highest BCUT2D eigenvalue weighted by atomic mass is 16.5. The Kier molecular flexibility index (Phi) is 7.25. The fraction of sp³-hybridized carbons (Fsp3) is 0.391. The number of benzene rings is 2. The van der Waals surface area contributed by atoms with Crippen molar-refractivity contribution in [1.82, 2.24) is 10.2 Å². The van der Waals surface area contributed by atoms with Crippen molar-refractivity contribution in [3.05, 3.63) is 65.7 Å². The number of carbonyl (C=O) groups excluding carboxylic acids is 2. The third kappa shape index (κ3) is 6.61. The molecule has 1 amide bonds. The fourth-order valence-electron chi connectivity index (χ4n) is 3.36. The summed E-state index contributed by atoms with van der Waals surface area (Å²) >= 11 is 0. The van der Waals surface area contributed by atoms with Crippen LogP contribution in [-0.4, -0.2) is 48.6 Å². The average molecular weight is 396 g/mol. The van der Waals surface area contributed by atoms with Crippen LogP contribution in [0.3, 0.4) is 0 Å². The maximum Gasteiger partial charge on any atom is 0.338 e. The highest BCUT2D eigenvalue weighted by molar-refractivity contribution is 5.91. The third-order valence-electron chi connectivity index (χ3n) is 4.68. The number of nitrogens with zero attached hydrogens (tertiary/aromatic N) is 1. The summed E-state index contributed by atoms with van der Waals surface area (Å²) in [6, 6.07) is 17.1. The van der Waals surface area contributed by atoms with Crippen molar-refractivity contribution >= 4 is 11.9 Å². The van der Waals surface area contributed by atoms with Crippen LogP contribution in [0.15, 0.2) is 54.6 Å². The van der Waals surface area contributed by atoms with Crippen molar-refractivity contribution in [1.29, 1.82) is 0 Å². The van der Waals surface area contributed by atoms with Gasteiger partial charge in [-0.15, -0.1) is 0 Å². The molecule has 1 fully saturated rings. The number of hydrogen-bond donors (Lipinski definition) is 1. The molecule has 0 spiro atoms. The summed E-state index contributed by atoms with van der Waals surface area (Å²) < 4.78 is 10.7. The lowest BCUT2D eigenvalue weighted by Gasteiger charge is -2.17. The van der Waals surface area contributed by atoms with Crippen LogP contribution in [0.2, 0.25) is 0 Å². The van der Waals surface area contributed by atoms with Gasteiger partial charge in [0, 0.05) is 25.7 Å². The van der Waals surface area contributed by atoms with E-state index in [1.165, 1.54) is 5.56 Å². The summed E-state index contributed by atoms with van der Waals surface area (Å²) in [5, 5.41) is 2.95.